The van der Waals surface area contributed by atoms with Gasteiger partial charge in [-0.2, -0.15) is 4.89 Å². The summed E-state index contributed by atoms with van der Waals surface area (Å²) in [5.74, 6) is 0.203. The lowest BCUT2D eigenvalue weighted by atomic mass is 10.1. The molecule has 0 atom stereocenters. The summed E-state index contributed by atoms with van der Waals surface area (Å²) in [6.07, 6.45) is 0.872. The Balaban J connectivity index is 1.90. The molecule has 0 N–H and O–H groups in total. The van der Waals surface area contributed by atoms with Crippen LogP contribution >= 0.6 is 0 Å². The van der Waals surface area contributed by atoms with E-state index in [0.29, 0.717) is 17.9 Å². The molecule has 0 spiro atoms. The van der Waals surface area contributed by atoms with Gasteiger partial charge < -0.3 is 9.62 Å². The standard InChI is InChI=1S/C13H11NO5/c1-2-14-12(15)11(18-13(14)16)6-8-3-4-9-7-17-19-10(9)5-8/h3-6H,2,7H2,1H3/b11-6+. The van der Waals surface area contributed by atoms with E-state index in [1.54, 1.807) is 19.1 Å². The number of likely N-dealkylation sites (N-methyl/N-ethyl adjacent to an activating group) is 1. The maximum atomic E-state index is 11.8. The van der Waals surface area contributed by atoms with Gasteiger partial charge >= 0.3 is 6.09 Å². The maximum Gasteiger partial charge on any atom is 0.422 e. The average Bonchev–Trinajstić information content (AvgIpc) is 2.95. The predicted octanol–water partition coefficient (Wildman–Crippen LogP) is 1.85. The van der Waals surface area contributed by atoms with Crippen molar-refractivity contribution in [1.29, 1.82) is 0 Å². The summed E-state index contributed by atoms with van der Waals surface area (Å²) < 4.78 is 4.93. The Hall–Kier alpha value is -2.34. The van der Waals surface area contributed by atoms with Gasteiger partial charge in [0, 0.05) is 12.1 Å². The first-order valence-corrected chi connectivity index (χ1v) is 5.87. The quantitative estimate of drug-likeness (QED) is 0.600. The molecule has 2 aliphatic heterocycles. The van der Waals surface area contributed by atoms with Crippen LogP contribution in [0.3, 0.4) is 0 Å². The van der Waals surface area contributed by atoms with E-state index in [1.807, 2.05) is 6.07 Å². The molecular weight excluding hydrogens is 250 g/mol. The van der Waals surface area contributed by atoms with Crippen molar-refractivity contribution in [3.8, 4) is 5.75 Å². The third-order valence-electron chi connectivity index (χ3n) is 2.94. The smallest absolute Gasteiger partial charge is 0.404 e. The zero-order valence-electron chi connectivity index (χ0n) is 10.2. The highest BCUT2D eigenvalue weighted by atomic mass is 17.2. The Bertz CT molecular complexity index is 593. The SMILES string of the molecule is CCN1C(=O)O/C(=C/c2ccc3c(c2)OOC3)C1=O. The van der Waals surface area contributed by atoms with Crippen LogP contribution in [0.1, 0.15) is 18.1 Å². The number of nitrogens with zero attached hydrogens (tertiary/aromatic N) is 1. The van der Waals surface area contributed by atoms with Crippen LogP contribution in [-0.4, -0.2) is 23.4 Å². The van der Waals surface area contributed by atoms with Gasteiger partial charge in [0.1, 0.15) is 6.61 Å². The first-order valence-electron chi connectivity index (χ1n) is 5.87. The number of carbonyl (C=O) groups is 2. The van der Waals surface area contributed by atoms with Crippen molar-refractivity contribution in [1.82, 2.24) is 4.90 Å². The molecule has 0 aromatic heterocycles. The molecule has 0 bridgehead atoms. The molecule has 0 saturated carbocycles. The van der Waals surface area contributed by atoms with Crippen LogP contribution in [-0.2, 0) is 21.0 Å². The minimum Gasteiger partial charge on any atom is -0.404 e. The molecule has 0 radical (unpaired) electrons. The Morgan fingerprint density at radius 3 is 2.95 bits per heavy atom. The number of amides is 2. The maximum absolute atomic E-state index is 11.8. The number of imide groups is 1. The summed E-state index contributed by atoms with van der Waals surface area (Å²) in [7, 11) is 0. The summed E-state index contributed by atoms with van der Waals surface area (Å²) in [6.45, 7) is 2.41. The monoisotopic (exact) mass is 261 g/mol. The van der Waals surface area contributed by atoms with Crippen molar-refractivity contribution in [3.63, 3.8) is 0 Å². The number of rotatable bonds is 2. The molecule has 1 aromatic rings. The average molecular weight is 261 g/mol. The summed E-state index contributed by atoms with van der Waals surface area (Å²) in [6, 6.07) is 5.37. The third-order valence-corrected chi connectivity index (χ3v) is 2.94. The van der Waals surface area contributed by atoms with Crippen molar-refractivity contribution < 1.29 is 24.1 Å². The lowest BCUT2D eigenvalue weighted by molar-refractivity contribution is -0.194. The Morgan fingerprint density at radius 1 is 1.37 bits per heavy atom. The van der Waals surface area contributed by atoms with E-state index >= 15 is 0 Å². The molecule has 3 rings (SSSR count). The summed E-state index contributed by atoms with van der Waals surface area (Å²) in [5.41, 5.74) is 1.64. The second kappa shape index (κ2) is 4.40. The van der Waals surface area contributed by atoms with Crippen molar-refractivity contribution in [2.75, 3.05) is 6.54 Å². The van der Waals surface area contributed by atoms with Gasteiger partial charge in [0.05, 0.1) is 0 Å². The molecule has 6 nitrogen and oxygen atoms in total. The van der Waals surface area contributed by atoms with Crippen LogP contribution in [0.25, 0.3) is 6.08 Å². The number of fused-ring (bicyclic) bond motifs is 1. The second-order valence-electron chi connectivity index (χ2n) is 4.14. The fraction of sp³-hybridized carbons (Fsp3) is 0.231. The Kier molecular flexibility index (Phi) is 2.72. The lowest BCUT2D eigenvalue weighted by Crippen LogP contribution is -2.28. The van der Waals surface area contributed by atoms with Crippen LogP contribution < -0.4 is 4.89 Å². The predicted molar refractivity (Wildman–Crippen MR) is 63.7 cm³/mol. The van der Waals surface area contributed by atoms with Gasteiger partial charge in [-0.25, -0.2) is 9.69 Å². The zero-order chi connectivity index (χ0) is 13.4. The van der Waals surface area contributed by atoms with Crippen molar-refractivity contribution in [3.05, 3.63) is 35.1 Å². The number of cyclic esters (lactones) is 1. The molecule has 2 aliphatic rings. The van der Waals surface area contributed by atoms with E-state index in [2.05, 4.69) is 0 Å². The first-order chi connectivity index (χ1) is 9.19. The number of hydrogen-bond donors (Lipinski definition) is 0. The summed E-state index contributed by atoms with van der Waals surface area (Å²) in [4.78, 5) is 34.1. The minimum atomic E-state index is -0.639. The molecule has 1 aromatic carbocycles. The topological polar surface area (TPSA) is 65.1 Å². The van der Waals surface area contributed by atoms with Crippen LogP contribution in [0.15, 0.2) is 24.0 Å². The molecule has 6 heteroatoms. The van der Waals surface area contributed by atoms with E-state index in [0.717, 1.165) is 10.5 Å². The van der Waals surface area contributed by atoms with Gasteiger partial charge in [0.2, 0.25) is 0 Å². The molecule has 0 unspecified atom stereocenters. The fourth-order valence-electron chi connectivity index (χ4n) is 1.94. The largest absolute Gasteiger partial charge is 0.422 e. The van der Waals surface area contributed by atoms with Gasteiger partial charge in [-0.05, 0) is 24.6 Å². The van der Waals surface area contributed by atoms with Crippen molar-refractivity contribution in [2.24, 2.45) is 0 Å². The molecular formula is C13H11NO5. The van der Waals surface area contributed by atoms with Crippen molar-refractivity contribution in [2.45, 2.75) is 13.5 Å². The lowest BCUT2D eigenvalue weighted by Gasteiger charge is -2.03. The first kappa shape index (κ1) is 11.7. The third kappa shape index (κ3) is 1.96. The fourth-order valence-corrected chi connectivity index (χ4v) is 1.94. The van der Waals surface area contributed by atoms with E-state index in [1.165, 1.54) is 6.08 Å². The molecule has 19 heavy (non-hydrogen) atoms. The molecule has 1 saturated heterocycles. The molecule has 2 heterocycles. The highest BCUT2D eigenvalue weighted by Gasteiger charge is 2.35. The number of ether oxygens (including phenoxy) is 1. The molecule has 98 valence electrons. The number of benzene rings is 1. The van der Waals surface area contributed by atoms with Crippen LogP contribution in [0.4, 0.5) is 4.79 Å². The van der Waals surface area contributed by atoms with Gasteiger partial charge in [-0.1, -0.05) is 12.1 Å². The van der Waals surface area contributed by atoms with Gasteiger partial charge in [0.15, 0.2) is 11.5 Å². The van der Waals surface area contributed by atoms with E-state index in [4.69, 9.17) is 14.5 Å². The van der Waals surface area contributed by atoms with Gasteiger partial charge in [-0.3, -0.25) is 4.79 Å². The molecule has 0 aliphatic carbocycles. The minimum absolute atomic E-state index is 0.0192. The van der Waals surface area contributed by atoms with E-state index in [9.17, 15) is 9.59 Å². The summed E-state index contributed by atoms with van der Waals surface area (Å²) in [5, 5.41) is 0. The molecule has 1 fully saturated rings. The molecule has 2 amide bonds. The van der Waals surface area contributed by atoms with Crippen LogP contribution in [0, 0.1) is 0 Å². The zero-order valence-corrected chi connectivity index (χ0v) is 10.2. The Labute approximate surface area is 109 Å². The number of carbonyl (C=O) groups excluding carboxylic acids is 2. The second-order valence-corrected chi connectivity index (χ2v) is 4.14. The summed E-state index contributed by atoms with van der Waals surface area (Å²) >= 11 is 0. The van der Waals surface area contributed by atoms with E-state index in [-0.39, 0.29) is 12.3 Å². The van der Waals surface area contributed by atoms with Gasteiger partial charge in [-0.15, -0.1) is 0 Å². The van der Waals surface area contributed by atoms with Crippen LogP contribution in [0.2, 0.25) is 0 Å². The van der Waals surface area contributed by atoms with Crippen LogP contribution in [0.5, 0.6) is 5.75 Å². The highest BCUT2D eigenvalue weighted by molar-refractivity contribution is 6.09. The van der Waals surface area contributed by atoms with Crippen molar-refractivity contribution >= 4 is 18.1 Å². The normalized spacial score (nSPS) is 19.6. The highest BCUT2D eigenvalue weighted by Crippen LogP contribution is 2.28. The van der Waals surface area contributed by atoms with E-state index < -0.39 is 12.0 Å². The van der Waals surface area contributed by atoms with Gasteiger partial charge in [0.25, 0.3) is 5.91 Å². The Morgan fingerprint density at radius 2 is 2.21 bits per heavy atom. The number of hydrogen-bond acceptors (Lipinski definition) is 5.